The summed E-state index contributed by atoms with van der Waals surface area (Å²) in [5.41, 5.74) is 1.12. The van der Waals surface area contributed by atoms with Crippen molar-refractivity contribution in [2.45, 2.75) is 13.1 Å². The van der Waals surface area contributed by atoms with Gasteiger partial charge in [-0.15, -0.1) is 0 Å². The number of benzene rings is 2. The van der Waals surface area contributed by atoms with Crippen LogP contribution >= 0.6 is 11.6 Å². The molecule has 0 fully saturated rings. The fraction of sp³-hybridized carbons (Fsp3) is 0.143. The highest BCUT2D eigenvalue weighted by Crippen LogP contribution is 2.23. The summed E-state index contributed by atoms with van der Waals surface area (Å²) in [6, 6.07) is 8.15. The lowest BCUT2D eigenvalue weighted by Crippen LogP contribution is -2.13. The Morgan fingerprint density at radius 2 is 1.84 bits per heavy atom. The topological polar surface area (TPSA) is 32.3 Å². The maximum Gasteiger partial charge on any atom is 0.134 e. The SMILES string of the molecule is Oc1ccc(CNCc2cc(F)ccc2F)cc1Cl. The summed E-state index contributed by atoms with van der Waals surface area (Å²) in [6.07, 6.45) is 0. The van der Waals surface area contributed by atoms with Crippen LogP contribution in [-0.4, -0.2) is 5.11 Å². The average Bonchev–Trinajstić information content (AvgIpc) is 2.38. The van der Waals surface area contributed by atoms with Crippen LogP contribution in [0.5, 0.6) is 5.75 Å². The van der Waals surface area contributed by atoms with E-state index in [0.29, 0.717) is 6.54 Å². The molecule has 0 unspecified atom stereocenters. The van der Waals surface area contributed by atoms with Crippen molar-refractivity contribution in [3.05, 3.63) is 64.2 Å². The highest BCUT2D eigenvalue weighted by atomic mass is 35.5. The van der Waals surface area contributed by atoms with Crippen molar-refractivity contribution >= 4 is 11.6 Å². The van der Waals surface area contributed by atoms with E-state index in [4.69, 9.17) is 11.6 Å². The molecule has 0 spiro atoms. The molecule has 2 rings (SSSR count). The summed E-state index contributed by atoms with van der Waals surface area (Å²) in [5, 5.41) is 12.5. The zero-order valence-corrected chi connectivity index (χ0v) is 10.7. The minimum Gasteiger partial charge on any atom is -0.506 e. The van der Waals surface area contributed by atoms with Crippen molar-refractivity contribution in [2.24, 2.45) is 0 Å². The van der Waals surface area contributed by atoms with Crippen LogP contribution in [0.15, 0.2) is 36.4 Å². The summed E-state index contributed by atoms with van der Waals surface area (Å²) >= 11 is 5.77. The highest BCUT2D eigenvalue weighted by Gasteiger charge is 2.04. The van der Waals surface area contributed by atoms with Crippen LogP contribution < -0.4 is 5.32 Å². The zero-order valence-electron chi connectivity index (χ0n) is 9.96. The van der Waals surface area contributed by atoms with Crippen molar-refractivity contribution in [1.29, 1.82) is 0 Å². The Morgan fingerprint density at radius 3 is 2.58 bits per heavy atom. The lowest BCUT2D eigenvalue weighted by atomic mass is 10.2. The molecule has 0 saturated heterocycles. The standard InChI is InChI=1S/C14H12ClF2NO/c15-12-5-9(1-4-14(12)19)7-18-8-10-6-11(16)2-3-13(10)17/h1-6,18-19H,7-8H2. The molecule has 2 nitrogen and oxygen atoms in total. The minimum atomic E-state index is -0.467. The van der Waals surface area contributed by atoms with E-state index in [1.807, 2.05) is 0 Å². The molecule has 0 saturated carbocycles. The van der Waals surface area contributed by atoms with E-state index in [-0.39, 0.29) is 22.9 Å². The first-order valence-electron chi connectivity index (χ1n) is 5.68. The lowest BCUT2D eigenvalue weighted by molar-refractivity contribution is 0.475. The van der Waals surface area contributed by atoms with Crippen LogP contribution in [-0.2, 0) is 13.1 Å². The Morgan fingerprint density at radius 1 is 1.05 bits per heavy atom. The Hall–Kier alpha value is -1.65. The number of nitrogens with one attached hydrogen (secondary N) is 1. The van der Waals surface area contributed by atoms with Gasteiger partial charge < -0.3 is 10.4 Å². The van der Waals surface area contributed by atoms with Crippen LogP contribution in [0, 0.1) is 11.6 Å². The van der Waals surface area contributed by atoms with E-state index in [1.54, 1.807) is 12.1 Å². The van der Waals surface area contributed by atoms with Crippen molar-refractivity contribution < 1.29 is 13.9 Å². The summed E-state index contributed by atoms with van der Waals surface area (Å²) < 4.78 is 26.3. The molecule has 0 atom stereocenters. The molecular formula is C14H12ClF2NO. The van der Waals surface area contributed by atoms with Gasteiger partial charge in [0.15, 0.2) is 0 Å². The molecule has 0 aromatic heterocycles. The van der Waals surface area contributed by atoms with E-state index < -0.39 is 11.6 Å². The van der Waals surface area contributed by atoms with E-state index in [0.717, 1.165) is 23.8 Å². The predicted octanol–water partition coefficient (Wildman–Crippen LogP) is 3.61. The van der Waals surface area contributed by atoms with Gasteiger partial charge in [0.05, 0.1) is 5.02 Å². The van der Waals surface area contributed by atoms with Gasteiger partial charge in [-0.3, -0.25) is 0 Å². The smallest absolute Gasteiger partial charge is 0.134 e. The number of halogens is 3. The largest absolute Gasteiger partial charge is 0.506 e. The van der Waals surface area contributed by atoms with Crippen molar-refractivity contribution in [1.82, 2.24) is 5.32 Å². The highest BCUT2D eigenvalue weighted by molar-refractivity contribution is 6.32. The Kier molecular flexibility index (Phi) is 4.35. The molecule has 2 aromatic rings. The molecule has 0 bridgehead atoms. The number of rotatable bonds is 4. The molecule has 0 radical (unpaired) electrons. The first-order chi connectivity index (χ1) is 9.06. The van der Waals surface area contributed by atoms with Crippen molar-refractivity contribution in [2.75, 3.05) is 0 Å². The summed E-state index contributed by atoms with van der Waals surface area (Å²) in [6.45, 7) is 0.651. The second-order valence-electron chi connectivity index (χ2n) is 4.13. The third kappa shape index (κ3) is 3.66. The second-order valence-corrected chi connectivity index (χ2v) is 4.53. The summed E-state index contributed by atoms with van der Waals surface area (Å²) in [7, 11) is 0. The molecule has 2 N–H and O–H groups in total. The zero-order chi connectivity index (χ0) is 13.8. The van der Waals surface area contributed by atoms with Crippen LogP contribution in [0.25, 0.3) is 0 Å². The fourth-order valence-corrected chi connectivity index (χ4v) is 1.88. The summed E-state index contributed by atoms with van der Waals surface area (Å²) in [4.78, 5) is 0. The van der Waals surface area contributed by atoms with Gasteiger partial charge in [-0.1, -0.05) is 17.7 Å². The van der Waals surface area contributed by atoms with Crippen LogP contribution in [0.4, 0.5) is 8.78 Å². The van der Waals surface area contributed by atoms with Gasteiger partial charge in [0.2, 0.25) is 0 Å². The molecule has 5 heteroatoms. The first-order valence-corrected chi connectivity index (χ1v) is 6.06. The number of aromatic hydroxyl groups is 1. The van der Waals surface area contributed by atoms with E-state index in [2.05, 4.69) is 5.32 Å². The molecular weight excluding hydrogens is 272 g/mol. The molecule has 0 aliphatic carbocycles. The van der Waals surface area contributed by atoms with Gasteiger partial charge in [-0.05, 0) is 35.9 Å². The van der Waals surface area contributed by atoms with Gasteiger partial charge in [-0.2, -0.15) is 0 Å². The lowest BCUT2D eigenvalue weighted by Gasteiger charge is -2.07. The third-order valence-electron chi connectivity index (χ3n) is 2.66. The quantitative estimate of drug-likeness (QED) is 0.898. The molecule has 0 heterocycles. The Balaban J connectivity index is 1.96. The Bertz CT molecular complexity index is 590. The molecule has 0 amide bonds. The monoisotopic (exact) mass is 283 g/mol. The average molecular weight is 284 g/mol. The fourth-order valence-electron chi connectivity index (χ4n) is 1.68. The molecule has 100 valence electrons. The van der Waals surface area contributed by atoms with Crippen LogP contribution in [0.2, 0.25) is 5.02 Å². The summed E-state index contributed by atoms with van der Waals surface area (Å²) in [5.74, 6) is -0.898. The van der Waals surface area contributed by atoms with E-state index in [1.165, 1.54) is 6.07 Å². The van der Waals surface area contributed by atoms with Gasteiger partial charge in [-0.25, -0.2) is 8.78 Å². The normalized spacial score (nSPS) is 10.7. The first kappa shape index (κ1) is 13.8. The minimum absolute atomic E-state index is 0.0154. The molecule has 0 aliphatic rings. The van der Waals surface area contributed by atoms with Crippen LogP contribution in [0.1, 0.15) is 11.1 Å². The van der Waals surface area contributed by atoms with Crippen LogP contribution in [0.3, 0.4) is 0 Å². The van der Waals surface area contributed by atoms with Gasteiger partial charge in [0.1, 0.15) is 17.4 Å². The van der Waals surface area contributed by atoms with E-state index in [9.17, 15) is 13.9 Å². The third-order valence-corrected chi connectivity index (χ3v) is 2.97. The van der Waals surface area contributed by atoms with Gasteiger partial charge in [0.25, 0.3) is 0 Å². The molecule has 0 aliphatic heterocycles. The van der Waals surface area contributed by atoms with E-state index >= 15 is 0 Å². The number of phenolic OH excluding ortho intramolecular Hbond substituents is 1. The maximum absolute atomic E-state index is 13.4. The van der Waals surface area contributed by atoms with Crippen molar-refractivity contribution in [3.8, 4) is 5.75 Å². The second kappa shape index (κ2) is 5.99. The van der Waals surface area contributed by atoms with Gasteiger partial charge in [0, 0.05) is 18.7 Å². The number of phenols is 1. The molecule has 2 aromatic carbocycles. The number of hydrogen-bond donors (Lipinski definition) is 2. The van der Waals surface area contributed by atoms with Gasteiger partial charge >= 0.3 is 0 Å². The number of hydrogen-bond acceptors (Lipinski definition) is 2. The molecule has 19 heavy (non-hydrogen) atoms. The predicted molar refractivity (Wildman–Crippen MR) is 70.0 cm³/mol. The van der Waals surface area contributed by atoms with Crippen molar-refractivity contribution in [3.63, 3.8) is 0 Å². The maximum atomic E-state index is 13.4. The Labute approximate surface area is 114 Å².